The first-order valence-corrected chi connectivity index (χ1v) is 10.2. The summed E-state index contributed by atoms with van der Waals surface area (Å²) in [6, 6.07) is 7.46. The van der Waals surface area contributed by atoms with E-state index >= 15 is 0 Å². The molecule has 3 saturated heterocycles. The lowest BCUT2D eigenvalue weighted by atomic mass is 10.1. The van der Waals surface area contributed by atoms with Crippen molar-refractivity contribution in [2.24, 2.45) is 0 Å². The van der Waals surface area contributed by atoms with Crippen molar-refractivity contribution in [3.8, 4) is 0 Å². The summed E-state index contributed by atoms with van der Waals surface area (Å²) in [6.45, 7) is 2.80. The van der Waals surface area contributed by atoms with Gasteiger partial charge in [-0.25, -0.2) is 0 Å². The summed E-state index contributed by atoms with van der Waals surface area (Å²) in [6.07, 6.45) is 1.93. The van der Waals surface area contributed by atoms with Gasteiger partial charge in [-0.2, -0.15) is 0 Å². The average Bonchev–Trinajstić information content (AvgIpc) is 3.41. The molecule has 2 atom stereocenters. The second kappa shape index (κ2) is 7.52. The Morgan fingerprint density at radius 1 is 1.11 bits per heavy atom. The van der Waals surface area contributed by atoms with Crippen molar-refractivity contribution in [3.05, 3.63) is 29.8 Å². The molecule has 3 aliphatic heterocycles. The maximum absolute atomic E-state index is 12.8. The first-order valence-electron chi connectivity index (χ1n) is 9.22. The van der Waals surface area contributed by atoms with Crippen LogP contribution in [0.4, 0.5) is 10.5 Å². The molecule has 3 amide bonds. The molecule has 4 rings (SSSR count). The van der Waals surface area contributed by atoms with E-state index < -0.39 is 0 Å². The van der Waals surface area contributed by atoms with E-state index in [1.165, 1.54) is 4.90 Å². The molecule has 0 bridgehead atoms. The molecule has 3 fully saturated rings. The summed E-state index contributed by atoms with van der Waals surface area (Å²) in [5, 5.41) is -0.191. The number of amides is 3. The van der Waals surface area contributed by atoms with E-state index in [1.807, 2.05) is 24.3 Å². The fourth-order valence-electron chi connectivity index (χ4n) is 4.01. The number of nitrogens with zero attached hydrogens (tertiary/aromatic N) is 3. The van der Waals surface area contributed by atoms with E-state index in [4.69, 9.17) is 4.74 Å². The Morgan fingerprint density at radius 3 is 2.52 bits per heavy atom. The minimum Gasteiger partial charge on any atom is -0.380 e. The van der Waals surface area contributed by atoms with Gasteiger partial charge in [0.15, 0.2) is 0 Å². The van der Waals surface area contributed by atoms with Crippen LogP contribution >= 0.6 is 11.8 Å². The smallest absolute Gasteiger partial charge is 0.289 e. The zero-order valence-corrected chi connectivity index (χ0v) is 16.1. The van der Waals surface area contributed by atoms with Gasteiger partial charge in [0.2, 0.25) is 5.91 Å². The number of methoxy groups -OCH3 is 1. The fourth-order valence-corrected chi connectivity index (χ4v) is 4.78. The van der Waals surface area contributed by atoms with Gasteiger partial charge in [-0.1, -0.05) is 11.8 Å². The van der Waals surface area contributed by atoms with E-state index in [-0.39, 0.29) is 35.0 Å². The highest BCUT2D eigenvalue weighted by Crippen LogP contribution is 2.27. The predicted molar refractivity (Wildman–Crippen MR) is 103 cm³/mol. The fraction of sp³-hybridized carbons (Fsp3) is 0.526. The number of likely N-dealkylation sites (tertiary alicyclic amines) is 1. The summed E-state index contributed by atoms with van der Waals surface area (Å²) >= 11 is 1.04. The topological polar surface area (TPSA) is 70.2 Å². The van der Waals surface area contributed by atoms with Crippen molar-refractivity contribution in [3.63, 3.8) is 0 Å². The van der Waals surface area contributed by atoms with E-state index in [1.54, 1.807) is 12.0 Å². The van der Waals surface area contributed by atoms with Crippen molar-refractivity contribution in [2.75, 3.05) is 43.9 Å². The molecule has 27 heavy (non-hydrogen) atoms. The van der Waals surface area contributed by atoms with Gasteiger partial charge in [0, 0.05) is 44.5 Å². The second-order valence-corrected chi connectivity index (χ2v) is 8.08. The lowest BCUT2D eigenvalue weighted by molar-refractivity contribution is -0.126. The third-order valence-electron chi connectivity index (χ3n) is 5.56. The Hall–Kier alpha value is -2.06. The largest absolute Gasteiger partial charge is 0.380 e. The highest BCUT2D eigenvalue weighted by atomic mass is 32.2. The molecule has 7 nitrogen and oxygen atoms in total. The summed E-state index contributed by atoms with van der Waals surface area (Å²) in [5.74, 6) is 0.0196. The summed E-state index contributed by atoms with van der Waals surface area (Å²) in [7, 11) is 1.74. The van der Waals surface area contributed by atoms with Crippen molar-refractivity contribution in [2.45, 2.75) is 25.0 Å². The molecule has 0 saturated carbocycles. The Kier molecular flexibility index (Phi) is 5.10. The molecule has 2 unspecified atom stereocenters. The normalized spacial score (nSPS) is 25.7. The van der Waals surface area contributed by atoms with Crippen molar-refractivity contribution < 1.29 is 19.1 Å². The van der Waals surface area contributed by atoms with Gasteiger partial charge >= 0.3 is 0 Å². The first-order chi connectivity index (χ1) is 13.1. The standard InChI is InChI=1S/C19H23N3O4S/c1-26-16-7-9-20(11-16)14-4-2-13(3-5-14)18(24)21-8-6-15(10-21)22-17(23)12-27-19(22)25/h2-5,15-16H,6-12H2,1H3. The Labute approximate surface area is 162 Å². The number of benzene rings is 1. The van der Waals surface area contributed by atoms with E-state index in [9.17, 15) is 14.4 Å². The molecule has 0 spiro atoms. The van der Waals surface area contributed by atoms with E-state index in [0.29, 0.717) is 25.1 Å². The number of hydrogen-bond acceptors (Lipinski definition) is 6. The number of thioether (sulfide) groups is 1. The van der Waals surface area contributed by atoms with E-state index in [2.05, 4.69) is 4.90 Å². The first kappa shape index (κ1) is 18.3. The van der Waals surface area contributed by atoms with Crippen LogP contribution in [0.1, 0.15) is 23.2 Å². The van der Waals surface area contributed by atoms with Crippen LogP contribution in [0.3, 0.4) is 0 Å². The molecule has 3 heterocycles. The number of anilines is 1. The number of rotatable bonds is 4. The molecule has 0 N–H and O–H groups in total. The van der Waals surface area contributed by atoms with Crippen LogP contribution in [-0.4, -0.2) is 78.0 Å². The maximum atomic E-state index is 12.8. The Balaban J connectivity index is 1.39. The molecule has 3 aliphatic rings. The lowest BCUT2D eigenvalue weighted by Crippen LogP contribution is -2.41. The zero-order chi connectivity index (χ0) is 19.0. The zero-order valence-electron chi connectivity index (χ0n) is 15.3. The minimum atomic E-state index is -0.196. The van der Waals surface area contributed by atoms with Crippen LogP contribution in [0.25, 0.3) is 0 Å². The molecule has 8 heteroatoms. The maximum Gasteiger partial charge on any atom is 0.289 e. The van der Waals surface area contributed by atoms with Crippen LogP contribution in [0.5, 0.6) is 0 Å². The summed E-state index contributed by atoms with van der Waals surface area (Å²) < 4.78 is 5.40. The van der Waals surface area contributed by atoms with Crippen molar-refractivity contribution >= 4 is 34.5 Å². The molecule has 0 radical (unpaired) electrons. The lowest BCUT2D eigenvalue weighted by Gasteiger charge is -2.22. The number of ether oxygens (including phenoxy) is 1. The van der Waals surface area contributed by atoms with Crippen LogP contribution in [-0.2, 0) is 9.53 Å². The summed E-state index contributed by atoms with van der Waals surface area (Å²) in [5.41, 5.74) is 1.73. The number of imide groups is 1. The molecule has 144 valence electrons. The minimum absolute atomic E-state index is 0.0491. The van der Waals surface area contributed by atoms with Gasteiger partial charge in [0.25, 0.3) is 11.1 Å². The molecular formula is C19H23N3O4S. The van der Waals surface area contributed by atoms with Crippen LogP contribution < -0.4 is 4.90 Å². The monoisotopic (exact) mass is 389 g/mol. The van der Waals surface area contributed by atoms with Gasteiger partial charge in [-0.3, -0.25) is 19.3 Å². The van der Waals surface area contributed by atoms with Crippen molar-refractivity contribution in [1.29, 1.82) is 0 Å². The second-order valence-electron chi connectivity index (χ2n) is 7.15. The Morgan fingerprint density at radius 2 is 1.89 bits per heavy atom. The molecule has 1 aromatic rings. The third kappa shape index (κ3) is 3.55. The van der Waals surface area contributed by atoms with Crippen LogP contribution in [0.15, 0.2) is 24.3 Å². The van der Waals surface area contributed by atoms with Gasteiger partial charge < -0.3 is 14.5 Å². The summed E-state index contributed by atoms with van der Waals surface area (Å²) in [4.78, 5) is 41.9. The Bertz CT molecular complexity index is 738. The predicted octanol–water partition coefficient (Wildman–Crippen LogP) is 1.82. The van der Waals surface area contributed by atoms with Gasteiger partial charge in [0.05, 0.1) is 17.9 Å². The van der Waals surface area contributed by atoms with Crippen LogP contribution in [0.2, 0.25) is 0 Å². The van der Waals surface area contributed by atoms with Crippen molar-refractivity contribution in [1.82, 2.24) is 9.80 Å². The third-order valence-corrected chi connectivity index (χ3v) is 6.39. The average molecular weight is 389 g/mol. The number of hydrogen-bond donors (Lipinski definition) is 0. The quantitative estimate of drug-likeness (QED) is 0.782. The molecule has 0 aromatic heterocycles. The van der Waals surface area contributed by atoms with E-state index in [0.717, 1.165) is 37.0 Å². The highest BCUT2D eigenvalue weighted by Gasteiger charge is 2.40. The molecule has 1 aromatic carbocycles. The van der Waals surface area contributed by atoms with Crippen LogP contribution in [0, 0.1) is 0 Å². The van der Waals surface area contributed by atoms with Gasteiger partial charge in [0.1, 0.15) is 0 Å². The number of carbonyl (C=O) groups is 3. The van der Waals surface area contributed by atoms with Gasteiger partial charge in [-0.05, 0) is 37.1 Å². The number of carbonyl (C=O) groups excluding carboxylic acids is 3. The van der Waals surface area contributed by atoms with Gasteiger partial charge in [-0.15, -0.1) is 0 Å². The molecule has 0 aliphatic carbocycles. The SMILES string of the molecule is COC1CCN(c2ccc(C(=O)N3CCC(N4C(=O)CSC4=O)C3)cc2)C1. The molecular weight excluding hydrogens is 366 g/mol. The highest BCUT2D eigenvalue weighted by molar-refractivity contribution is 8.14.